The molecule has 2 heterocycles. The van der Waals surface area contributed by atoms with Gasteiger partial charge in [0, 0.05) is 39.4 Å². The van der Waals surface area contributed by atoms with E-state index in [1.54, 1.807) is 0 Å². The summed E-state index contributed by atoms with van der Waals surface area (Å²) >= 11 is 0. The summed E-state index contributed by atoms with van der Waals surface area (Å²) < 4.78 is 5.60. The molecule has 6 nitrogen and oxygen atoms in total. The van der Waals surface area contributed by atoms with Crippen LogP contribution in [0.1, 0.15) is 38.7 Å². The maximum absolute atomic E-state index is 5.60. The minimum atomic E-state index is 0.258. The SMILES string of the molecule is CCCCCNC(=NC)NCc1ccnc(N2CCOC(C)C2)c1. The predicted octanol–water partition coefficient (Wildman–Crippen LogP) is 2.16. The smallest absolute Gasteiger partial charge is 0.191 e. The molecule has 1 aliphatic heterocycles. The topological polar surface area (TPSA) is 61.8 Å². The van der Waals surface area contributed by atoms with Crippen molar-refractivity contribution >= 4 is 11.8 Å². The van der Waals surface area contributed by atoms with Crippen LogP contribution in [0.5, 0.6) is 0 Å². The summed E-state index contributed by atoms with van der Waals surface area (Å²) in [4.78, 5) is 11.1. The van der Waals surface area contributed by atoms with Gasteiger partial charge in [0.25, 0.3) is 0 Å². The fourth-order valence-corrected chi connectivity index (χ4v) is 2.76. The Morgan fingerprint density at radius 3 is 3.04 bits per heavy atom. The predicted molar refractivity (Wildman–Crippen MR) is 99.6 cm³/mol. The number of nitrogens with one attached hydrogen (secondary N) is 2. The van der Waals surface area contributed by atoms with Crippen molar-refractivity contribution in [2.24, 2.45) is 4.99 Å². The number of hydrogen-bond donors (Lipinski definition) is 2. The molecule has 0 aromatic carbocycles. The highest BCUT2D eigenvalue weighted by Crippen LogP contribution is 2.16. The van der Waals surface area contributed by atoms with Crippen molar-refractivity contribution in [2.45, 2.75) is 45.8 Å². The molecule has 24 heavy (non-hydrogen) atoms. The number of nitrogens with zero attached hydrogens (tertiary/aromatic N) is 3. The second-order valence-corrected chi connectivity index (χ2v) is 6.21. The molecule has 0 amide bonds. The van der Waals surface area contributed by atoms with Gasteiger partial charge < -0.3 is 20.3 Å². The van der Waals surface area contributed by atoms with Crippen molar-refractivity contribution in [1.82, 2.24) is 15.6 Å². The lowest BCUT2D eigenvalue weighted by atomic mass is 10.2. The minimum Gasteiger partial charge on any atom is -0.375 e. The molecular formula is C18H31N5O. The van der Waals surface area contributed by atoms with Crippen LogP contribution < -0.4 is 15.5 Å². The van der Waals surface area contributed by atoms with Crippen LogP contribution in [0.4, 0.5) is 5.82 Å². The Morgan fingerprint density at radius 1 is 1.42 bits per heavy atom. The third-order valence-electron chi connectivity index (χ3n) is 4.13. The van der Waals surface area contributed by atoms with E-state index >= 15 is 0 Å². The second kappa shape index (κ2) is 10.1. The summed E-state index contributed by atoms with van der Waals surface area (Å²) in [6, 6.07) is 4.19. The molecule has 1 saturated heterocycles. The van der Waals surface area contributed by atoms with E-state index in [4.69, 9.17) is 4.74 Å². The molecule has 134 valence electrons. The van der Waals surface area contributed by atoms with E-state index in [0.717, 1.165) is 44.6 Å². The summed E-state index contributed by atoms with van der Waals surface area (Å²) in [6.07, 6.45) is 5.78. The quantitative estimate of drug-likeness (QED) is 0.455. The molecule has 2 N–H and O–H groups in total. The zero-order chi connectivity index (χ0) is 17.2. The van der Waals surface area contributed by atoms with Crippen molar-refractivity contribution in [2.75, 3.05) is 38.2 Å². The lowest BCUT2D eigenvalue weighted by Crippen LogP contribution is -2.41. The van der Waals surface area contributed by atoms with Gasteiger partial charge >= 0.3 is 0 Å². The third-order valence-corrected chi connectivity index (χ3v) is 4.13. The number of pyridine rings is 1. The first-order valence-electron chi connectivity index (χ1n) is 8.99. The standard InChI is InChI=1S/C18H31N5O/c1-4-5-6-8-21-18(19-3)22-13-16-7-9-20-17(12-16)23-10-11-24-15(2)14-23/h7,9,12,15H,4-6,8,10-11,13-14H2,1-3H3,(H2,19,21,22). The molecule has 1 aromatic heterocycles. The fraction of sp³-hybridized carbons (Fsp3) is 0.667. The number of anilines is 1. The first-order valence-corrected chi connectivity index (χ1v) is 8.99. The Balaban J connectivity index is 1.85. The minimum absolute atomic E-state index is 0.258. The lowest BCUT2D eigenvalue weighted by molar-refractivity contribution is 0.0529. The number of ether oxygens (including phenoxy) is 1. The largest absolute Gasteiger partial charge is 0.375 e. The van der Waals surface area contributed by atoms with Crippen LogP contribution in [-0.2, 0) is 11.3 Å². The number of hydrogen-bond acceptors (Lipinski definition) is 4. The molecule has 1 unspecified atom stereocenters. The molecule has 1 atom stereocenters. The Kier molecular flexibility index (Phi) is 7.82. The summed E-state index contributed by atoms with van der Waals surface area (Å²) in [7, 11) is 1.81. The molecule has 1 aromatic rings. The van der Waals surface area contributed by atoms with E-state index in [1.165, 1.54) is 24.8 Å². The highest BCUT2D eigenvalue weighted by Gasteiger charge is 2.17. The number of unbranched alkanes of at least 4 members (excludes halogenated alkanes) is 2. The maximum Gasteiger partial charge on any atom is 0.191 e. The molecule has 1 fully saturated rings. The second-order valence-electron chi connectivity index (χ2n) is 6.21. The van der Waals surface area contributed by atoms with Crippen molar-refractivity contribution in [3.8, 4) is 0 Å². The number of rotatable bonds is 7. The van der Waals surface area contributed by atoms with Gasteiger partial charge in [0.1, 0.15) is 5.82 Å². The van der Waals surface area contributed by atoms with E-state index < -0.39 is 0 Å². The fourth-order valence-electron chi connectivity index (χ4n) is 2.76. The van der Waals surface area contributed by atoms with E-state index in [2.05, 4.69) is 45.4 Å². The number of morpholine rings is 1. The average Bonchev–Trinajstić information content (AvgIpc) is 2.61. The Morgan fingerprint density at radius 2 is 2.29 bits per heavy atom. The van der Waals surface area contributed by atoms with Gasteiger partial charge in [0.05, 0.1) is 12.7 Å². The molecule has 0 bridgehead atoms. The third kappa shape index (κ3) is 6.00. The van der Waals surface area contributed by atoms with Crippen molar-refractivity contribution in [3.05, 3.63) is 23.9 Å². The van der Waals surface area contributed by atoms with Crippen LogP contribution >= 0.6 is 0 Å². The van der Waals surface area contributed by atoms with Crippen molar-refractivity contribution < 1.29 is 4.74 Å². The van der Waals surface area contributed by atoms with Gasteiger partial charge in [-0.15, -0.1) is 0 Å². The average molecular weight is 333 g/mol. The lowest BCUT2D eigenvalue weighted by Gasteiger charge is -2.32. The van der Waals surface area contributed by atoms with E-state index in [-0.39, 0.29) is 6.10 Å². The zero-order valence-electron chi connectivity index (χ0n) is 15.2. The Labute approximate surface area is 145 Å². The number of guanidine groups is 1. The maximum atomic E-state index is 5.60. The van der Waals surface area contributed by atoms with E-state index in [0.29, 0.717) is 0 Å². The van der Waals surface area contributed by atoms with Crippen molar-refractivity contribution in [3.63, 3.8) is 0 Å². The summed E-state index contributed by atoms with van der Waals surface area (Å²) in [6.45, 7) is 8.57. The number of aromatic nitrogens is 1. The van der Waals surface area contributed by atoms with E-state index in [1.807, 2.05) is 19.3 Å². The Bertz CT molecular complexity index is 520. The molecular weight excluding hydrogens is 302 g/mol. The van der Waals surface area contributed by atoms with E-state index in [9.17, 15) is 0 Å². The summed E-state index contributed by atoms with van der Waals surface area (Å²) in [5, 5.41) is 6.72. The molecule has 0 aliphatic carbocycles. The van der Waals surface area contributed by atoms with Crippen LogP contribution in [0.3, 0.4) is 0 Å². The molecule has 0 spiro atoms. The monoisotopic (exact) mass is 333 g/mol. The van der Waals surface area contributed by atoms with Crippen LogP contribution in [-0.4, -0.2) is 50.3 Å². The zero-order valence-corrected chi connectivity index (χ0v) is 15.2. The molecule has 6 heteroatoms. The van der Waals surface area contributed by atoms with Crippen LogP contribution in [0.25, 0.3) is 0 Å². The summed E-state index contributed by atoms with van der Waals surface area (Å²) in [5.41, 5.74) is 1.20. The van der Waals surface area contributed by atoms with Crippen LogP contribution in [0.15, 0.2) is 23.3 Å². The van der Waals surface area contributed by atoms with Crippen LogP contribution in [0, 0.1) is 0 Å². The van der Waals surface area contributed by atoms with Crippen LogP contribution in [0.2, 0.25) is 0 Å². The number of aliphatic imine (C=N–C) groups is 1. The van der Waals surface area contributed by atoms with Gasteiger partial charge in [0.2, 0.25) is 0 Å². The normalized spacial score (nSPS) is 18.5. The van der Waals surface area contributed by atoms with Gasteiger partial charge in [-0.25, -0.2) is 4.98 Å². The first kappa shape index (κ1) is 18.5. The molecule has 0 radical (unpaired) electrons. The van der Waals surface area contributed by atoms with Crippen molar-refractivity contribution in [1.29, 1.82) is 0 Å². The van der Waals surface area contributed by atoms with Gasteiger partial charge in [-0.3, -0.25) is 4.99 Å². The highest BCUT2D eigenvalue weighted by atomic mass is 16.5. The van der Waals surface area contributed by atoms with Gasteiger partial charge in [0.15, 0.2) is 5.96 Å². The summed E-state index contributed by atoms with van der Waals surface area (Å²) in [5.74, 6) is 1.87. The first-order chi connectivity index (χ1) is 11.7. The Hall–Kier alpha value is -1.82. The van der Waals surface area contributed by atoms with Gasteiger partial charge in [-0.05, 0) is 31.0 Å². The highest BCUT2D eigenvalue weighted by molar-refractivity contribution is 5.79. The van der Waals surface area contributed by atoms with Gasteiger partial charge in [-0.1, -0.05) is 19.8 Å². The molecule has 2 rings (SSSR count). The molecule has 1 aliphatic rings. The molecule has 0 saturated carbocycles. The van der Waals surface area contributed by atoms with Gasteiger partial charge in [-0.2, -0.15) is 0 Å².